The lowest BCUT2D eigenvalue weighted by Gasteiger charge is -2.24. The van der Waals surface area contributed by atoms with Gasteiger partial charge in [0.25, 0.3) is 5.91 Å². The molecule has 1 atom stereocenters. The topological polar surface area (TPSA) is 49.3 Å². The maximum absolute atomic E-state index is 12.0. The van der Waals surface area contributed by atoms with Gasteiger partial charge in [0.1, 0.15) is 5.60 Å². The molecule has 24 heavy (non-hydrogen) atoms. The third-order valence-corrected chi connectivity index (χ3v) is 4.67. The highest BCUT2D eigenvalue weighted by Crippen LogP contribution is 2.25. The molecule has 1 aromatic heterocycles. The van der Waals surface area contributed by atoms with E-state index >= 15 is 0 Å². The van der Waals surface area contributed by atoms with Gasteiger partial charge < -0.3 is 10.4 Å². The lowest BCUT2D eigenvalue weighted by atomic mass is 9.93. The molecule has 0 saturated carbocycles. The van der Waals surface area contributed by atoms with E-state index in [2.05, 4.69) is 5.32 Å². The SMILES string of the molecule is C[C@@](O)(CNC(=O)c1ccsc1)c1ccc(-c2ccccc2)cc1. The smallest absolute Gasteiger partial charge is 0.252 e. The number of aliphatic hydroxyl groups is 1. The first-order valence-electron chi connectivity index (χ1n) is 7.75. The first-order valence-corrected chi connectivity index (χ1v) is 8.69. The van der Waals surface area contributed by atoms with Crippen LogP contribution in [0.3, 0.4) is 0 Å². The van der Waals surface area contributed by atoms with Crippen LogP contribution in [0.4, 0.5) is 0 Å². The highest BCUT2D eigenvalue weighted by Gasteiger charge is 2.24. The Morgan fingerprint density at radius 1 is 1.04 bits per heavy atom. The van der Waals surface area contributed by atoms with Crippen molar-refractivity contribution in [3.8, 4) is 11.1 Å². The van der Waals surface area contributed by atoms with Gasteiger partial charge in [-0.3, -0.25) is 4.79 Å². The Bertz CT molecular complexity index is 793. The number of amides is 1. The van der Waals surface area contributed by atoms with E-state index < -0.39 is 5.60 Å². The summed E-state index contributed by atoms with van der Waals surface area (Å²) in [5.74, 6) is -0.169. The van der Waals surface area contributed by atoms with E-state index in [-0.39, 0.29) is 12.5 Å². The minimum atomic E-state index is -1.12. The van der Waals surface area contributed by atoms with Crippen molar-refractivity contribution < 1.29 is 9.90 Å². The van der Waals surface area contributed by atoms with Gasteiger partial charge in [-0.05, 0) is 35.1 Å². The fourth-order valence-electron chi connectivity index (χ4n) is 2.50. The zero-order valence-corrected chi connectivity index (χ0v) is 14.2. The number of rotatable bonds is 5. The fourth-order valence-corrected chi connectivity index (χ4v) is 3.14. The van der Waals surface area contributed by atoms with E-state index in [0.29, 0.717) is 5.56 Å². The fraction of sp³-hybridized carbons (Fsp3) is 0.150. The van der Waals surface area contributed by atoms with Gasteiger partial charge in [0.05, 0.1) is 6.54 Å². The highest BCUT2D eigenvalue weighted by atomic mass is 32.1. The molecule has 1 amide bonds. The number of hydrogen-bond acceptors (Lipinski definition) is 3. The summed E-state index contributed by atoms with van der Waals surface area (Å²) >= 11 is 1.47. The van der Waals surface area contributed by atoms with Gasteiger partial charge in [-0.1, -0.05) is 54.6 Å². The second-order valence-corrected chi connectivity index (χ2v) is 6.69. The number of thiophene rings is 1. The molecular formula is C20H19NO2S. The molecule has 1 heterocycles. The number of hydrogen-bond donors (Lipinski definition) is 2. The Labute approximate surface area is 145 Å². The molecule has 0 fully saturated rings. The van der Waals surface area contributed by atoms with Crippen LogP contribution in [0.25, 0.3) is 11.1 Å². The summed E-state index contributed by atoms with van der Waals surface area (Å²) in [6.07, 6.45) is 0. The lowest BCUT2D eigenvalue weighted by Crippen LogP contribution is -2.38. The molecule has 2 N–H and O–H groups in total. The number of nitrogens with one attached hydrogen (secondary N) is 1. The maximum atomic E-state index is 12.0. The first-order chi connectivity index (χ1) is 11.6. The summed E-state index contributed by atoms with van der Waals surface area (Å²) in [5, 5.41) is 17.1. The van der Waals surface area contributed by atoms with Gasteiger partial charge in [-0.2, -0.15) is 11.3 Å². The molecule has 3 aromatic rings. The van der Waals surface area contributed by atoms with Gasteiger partial charge >= 0.3 is 0 Å². The van der Waals surface area contributed by atoms with Crippen LogP contribution >= 0.6 is 11.3 Å². The van der Waals surface area contributed by atoms with Gasteiger partial charge in [-0.25, -0.2) is 0 Å². The first kappa shape index (κ1) is 16.4. The number of benzene rings is 2. The zero-order chi connectivity index (χ0) is 17.0. The minimum Gasteiger partial charge on any atom is -0.384 e. The van der Waals surface area contributed by atoms with E-state index in [0.717, 1.165) is 16.7 Å². The molecule has 4 heteroatoms. The van der Waals surface area contributed by atoms with Crippen LogP contribution in [0.5, 0.6) is 0 Å². The van der Waals surface area contributed by atoms with Crippen LogP contribution in [0, 0.1) is 0 Å². The van der Waals surface area contributed by atoms with E-state index in [1.165, 1.54) is 11.3 Å². The van der Waals surface area contributed by atoms with Gasteiger partial charge in [0.2, 0.25) is 0 Å². The third kappa shape index (κ3) is 3.72. The molecule has 0 aliphatic carbocycles. The number of carbonyl (C=O) groups is 1. The van der Waals surface area contributed by atoms with E-state index in [1.807, 2.05) is 60.0 Å². The van der Waals surface area contributed by atoms with Gasteiger partial charge in [0.15, 0.2) is 0 Å². The summed E-state index contributed by atoms with van der Waals surface area (Å²) in [6.45, 7) is 1.87. The Kier molecular flexibility index (Phi) is 4.79. The largest absolute Gasteiger partial charge is 0.384 e. The van der Waals surface area contributed by atoms with Crippen molar-refractivity contribution in [3.05, 3.63) is 82.6 Å². The van der Waals surface area contributed by atoms with Crippen molar-refractivity contribution in [1.29, 1.82) is 0 Å². The second kappa shape index (κ2) is 6.99. The Morgan fingerprint density at radius 2 is 1.71 bits per heavy atom. The Hall–Kier alpha value is -2.43. The average Bonchev–Trinajstić information content (AvgIpc) is 3.15. The van der Waals surface area contributed by atoms with Gasteiger partial charge in [-0.15, -0.1) is 0 Å². The summed E-state index contributed by atoms with van der Waals surface area (Å²) in [5.41, 5.74) is 2.50. The standard InChI is InChI=1S/C20H19NO2S/c1-20(23,14-21-19(22)17-11-12-24-13-17)18-9-7-16(8-10-18)15-5-3-2-4-6-15/h2-13,23H,14H2,1H3,(H,21,22)/t20-/m1/s1. The van der Waals surface area contributed by atoms with Crippen LogP contribution < -0.4 is 5.32 Å². The molecule has 122 valence electrons. The van der Waals surface area contributed by atoms with Crippen LogP contribution in [-0.2, 0) is 5.60 Å². The van der Waals surface area contributed by atoms with Crippen LogP contribution in [-0.4, -0.2) is 17.6 Å². The molecule has 0 saturated heterocycles. The lowest BCUT2D eigenvalue weighted by molar-refractivity contribution is 0.0526. The monoisotopic (exact) mass is 337 g/mol. The minimum absolute atomic E-state index is 0.159. The molecule has 0 bridgehead atoms. The predicted octanol–water partition coefficient (Wildman–Crippen LogP) is 4.05. The Balaban J connectivity index is 1.69. The highest BCUT2D eigenvalue weighted by molar-refractivity contribution is 7.08. The number of carbonyl (C=O) groups excluding carboxylic acids is 1. The van der Waals surface area contributed by atoms with E-state index in [9.17, 15) is 9.90 Å². The zero-order valence-electron chi connectivity index (χ0n) is 13.4. The molecule has 2 aromatic carbocycles. The quantitative estimate of drug-likeness (QED) is 0.738. The third-order valence-electron chi connectivity index (χ3n) is 3.99. The normalized spacial score (nSPS) is 13.2. The van der Waals surface area contributed by atoms with Crippen molar-refractivity contribution in [2.75, 3.05) is 6.54 Å². The Morgan fingerprint density at radius 3 is 2.33 bits per heavy atom. The van der Waals surface area contributed by atoms with Crippen LogP contribution in [0.15, 0.2) is 71.4 Å². The maximum Gasteiger partial charge on any atom is 0.252 e. The average molecular weight is 337 g/mol. The van der Waals surface area contributed by atoms with E-state index in [4.69, 9.17) is 0 Å². The molecule has 0 aliphatic rings. The van der Waals surface area contributed by atoms with Crippen LogP contribution in [0.2, 0.25) is 0 Å². The van der Waals surface area contributed by atoms with E-state index in [1.54, 1.807) is 18.4 Å². The summed E-state index contributed by atoms with van der Waals surface area (Å²) in [4.78, 5) is 12.0. The van der Waals surface area contributed by atoms with Gasteiger partial charge in [0, 0.05) is 10.9 Å². The molecule has 3 rings (SSSR count). The molecule has 0 aliphatic heterocycles. The molecule has 0 unspecified atom stereocenters. The van der Waals surface area contributed by atoms with Crippen molar-refractivity contribution in [2.45, 2.75) is 12.5 Å². The van der Waals surface area contributed by atoms with Crippen molar-refractivity contribution in [2.24, 2.45) is 0 Å². The van der Waals surface area contributed by atoms with Crippen molar-refractivity contribution in [1.82, 2.24) is 5.32 Å². The molecule has 0 radical (unpaired) electrons. The van der Waals surface area contributed by atoms with Crippen LogP contribution in [0.1, 0.15) is 22.8 Å². The summed E-state index contributed by atoms with van der Waals surface area (Å²) in [7, 11) is 0. The molecular weight excluding hydrogens is 318 g/mol. The second-order valence-electron chi connectivity index (χ2n) is 5.91. The summed E-state index contributed by atoms with van der Waals surface area (Å²) < 4.78 is 0. The predicted molar refractivity (Wildman–Crippen MR) is 98.1 cm³/mol. The molecule has 0 spiro atoms. The summed E-state index contributed by atoms with van der Waals surface area (Å²) in [6, 6.07) is 19.6. The molecule has 3 nitrogen and oxygen atoms in total. The van der Waals surface area contributed by atoms with Crippen molar-refractivity contribution >= 4 is 17.2 Å². The van der Waals surface area contributed by atoms with Crippen molar-refractivity contribution in [3.63, 3.8) is 0 Å².